The summed E-state index contributed by atoms with van der Waals surface area (Å²) in [6.45, 7) is 0.354. The predicted molar refractivity (Wildman–Crippen MR) is 65.7 cm³/mol. The number of hydrogen-bond acceptors (Lipinski definition) is 3. The molecule has 3 nitrogen and oxygen atoms in total. The second-order valence-corrected chi connectivity index (χ2v) is 2.69. The first-order valence-electron chi connectivity index (χ1n) is 4.09. The van der Waals surface area contributed by atoms with Crippen LogP contribution >= 0.6 is 24.8 Å². The smallest absolute Gasteiger partial charge is 0.176 e. The predicted octanol–water partition coefficient (Wildman–Crippen LogP) is 1.94. The van der Waals surface area contributed by atoms with Gasteiger partial charge in [-0.15, -0.1) is 24.8 Å². The van der Waals surface area contributed by atoms with Crippen molar-refractivity contribution in [3.8, 4) is 5.75 Å². The summed E-state index contributed by atoms with van der Waals surface area (Å²) in [5, 5.41) is 2.81. The average Bonchev–Trinajstić information content (AvgIpc) is 2.18. The van der Waals surface area contributed by atoms with E-state index in [1.54, 1.807) is 26.3 Å². The van der Waals surface area contributed by atoms with E-state index >= 15 is 0 Å². The minimum atomic E-state index is 0. The lowest BCUT2D eigenvalue weighted by molar-refractivity contribution is 0.0993. The van der Waals surface area contributed by atoms with Crippen molar-refractivity contribution in [3.63, 3.8) is 0 Å². The third-order valence-electron chi connectivity index (χ3n) is 1.73. The number of hydrogen-bond donors (Lipinski definition) is 1. The second-order valence-electron chi connectivity index (χ2n) is 2.69. The van der Waals surface area contributed by atoms with Crippen molar-refractivity contribution in [2.75, 3.05) is 20.7 Å². The van der Waals surface area contributed by atoms with Gasteiger partial charge in [0.05, 0.1) is 13.7 Å². The van der Waals surface area contributed by atoms with Crippen molar-refractivity contribution in [2.24, 2.45) is 0 Å². The second kappa shape index (κ2) is 8.53. The summed E-state index contributed by atoms with van der Waals surface area (Å²) in [4.78, 5) is 11.4. The lowest BCUT2D eigenvalue weighted by Crippen LogP contribution is -2.18. The van der Waals surface area contributed by atoms with E-state index in [1.807, 2.05) is 12.1 Å². The molecule has 1 rings (SSSR count). The fraction of sp³-hybridized carbons (Fsp3) is 0.300. The Kier molecular flexibility index (Phi) is 9.47. The molecule has 1 N–H and O–H groups in total. The van der Waals surface area contributed by atoms with Crippen molar-refractivity contribution in [2.45, 2.75) is 0 Å². The van der Waals surface area contributed by atoms with Gasteiger partial charge in [0.15, 0.2) is 5.78 Å². The van der Waals surface area contributed by atoms with E-state index < -0.39 is 0 Å². The quantitative estimate of drug-likeness (QED) is 0.832. The summed E-state index contributed by atoms with van der Waals surface area (Å²) in [6, 6.07) is 7.14. The molecule has 0 radical (unpaired) electrons. The van der Waals surface area contributed by atoms with Crippen LogP contribution in [0.1, 0.15) is 10.4 Å². The van der Waals surface area contributed by atoms with E-state index in [4.69, 9.17) is 4.74 Å². The Morgan fingerprint density at radius 1 is 1.40 bits per heavy atom. The minimum Gasteiger partial charge on any atom is -0.497 e. The number of likely N-dealkylation sites (N-methyl/N-ethyl adjacent to an activating group) is 1. The molecule has 1 aromatic rings. The Hall–Kier alpha value is -0.770. The number of carbonyl (C=O) groups excluding carboxylic acids is 1. The number of carbonyl (C=O) groups is 1. The first-order valence-corrected chi connectivity index (χ1v) is 4.09. The molecule has 0 aliphatic heterocycles. The molecule has 0 atom stereocenters. The molecule has 0 saturated carbocycles. The molecule has 0 heterocycles. The lowest BCUT2D eigenvalue weighted by Gasteiger charge is -2.02. The molecule has 0 aliphatic rings. The fourth-order valence-electron chi connectivity index (χ4n) is 1.06. The Bertz CT molecular complexity index is 305. The third-order valence-corrected chi connectivity index (χ3v) is 1.73. The first kappa shape index (κ1) is 16.7. The minimum absolute atomic E-state index is 0. The number of halogens is 2. The molecule has 86 valence electrons. The molecule has 0 fully saturated rings. The molecule has 0 amide bonds. The number of Topliss-reactive ketones (excluding diaryl/α,β-unsaturated/α-hetero) is 1. The van der Waals surface area contributed by atoms with Crippen LogP contribution in [0.25, 0.3) is 0 Å². The molecule has 5 heteroatoms. The summed E-state index contributed by atoms with van der Waals surface area (Å²) < 4.78 is 5.01. The van der Waals surface area contributed by atoms with E-state index in [9.17, 15) is 4.79 Å². The number of ketones is 1. The van der Waals surface area contributed by atoms with E-state index in [2.05, 4.69) is 5.32 Å². The number of nitrogens with one attached hydrogen (secondary N) is 1. The van der Waals surface area contributed by atoms with Crippen molar-refractivity contribution in [3.05, 3.63) is 29.8 Å². The number of rotatable bonds is 4. The van der Waals surface area contributed by atoms with Crippen LogP contribution < -0.4 is 10.1 Å². The van der Waals surface area contributed by atoms with E-state index in [-0.39, 0.29) is 30.6 Å². The van der Waals surface area contributed by atoms with Gasteiger partial charge >= 0.3 is 0 Å². The van der Waals surface area contributed by atoms with Crippen LogP contribution in [0.2, 0.25) is 0 Å². The maximum atomic E-state index is 11.4. The lowest BCUT2D eigenvalue weighted by atomic mass is 10.1. The van der Waals surface area contributed by atoms with Crippen LogP contribution in [0.5, 0.6) is 5.75 Å². The molecular formula is C10H15Cl2NO2. The molecule has 0 unspecified atom stereocenters. The van der Waals surface area contributed by atoms with Gasteiger partial charge in [0, 0.05) is 5.56 Å². The summed E-state index contributed by atoms with van der Waals surface area (Å²) in [5.41, 5.74) is 0.675. The maximum absolute atomic E-state index is 11.4. The van der Waals surface area contributed by atoms with Crippen molar-refractivity contribution >= 4 is 30.6 Å². The van der Waals surface area contributed by atoms with E-state index in [0.717, 1.165) is 0 Å². The molecule has 0 aromatic heterocycles. The van der Waals surface area contributed by atoms with Crippen molar-refractivity contribution in [1.82, 2.24) is 5.32 Å². The van der Waals surface area contributed by atoms with E-state index in [0.29, 0.717) is 17.9 Å². The zero-order valence-electron chi connectivity index (χ0n) is 8.65. The normalized spacial score (nSPS) is 8.40. The summed E-state index contributed by atoms with van der Waals surface area (Å²) >= 11 is 0. The summed E-state index contributed by atoms with van der Waals surface area (Å²) in [7, 11) is 3.33. The molecule has 0 bridgehead atoms. The largest absolute Gasteiger partial charge is 0.497 e. The maximum Gasteiger partial charge on any atom is 0.176 e. The number of benzene rings is 1. The first-order chi connectivity index (χ1) is 6.27. The van der Waals surface area contributed by atoms with Gasteiger partial charge in [0.1, 0.15) is 5.75 Å². The van der Waals surface area contributed by atoms with Gasteiger partial charge in [-0.3, -0.25) is 4.79 Å². The van der Waals surface area contributed by atoms with Crippen LogP contribution in [0, 0.1) is 0 Å². The highest BCUT2D eigenvalue weighted by Crippen LogP contribution is 2.12. The van der Waals surface area contributed by atoms with Crippen molar-refractivity contribution < 1.29 is 9.53 Å². The van der Waals surface area contributed by atoms with Gasteiger partial charge in [-0.25, -0.2) is 0 Å². The van der Waals surface area contributed by atoms with Crippen molar-refractivity contribution in [1.29, 1.82) is 0 Å². The Balaban J connectivity index is 0. The highest BCUT2D eigenvalue weighted by molar-refractivity contribution is 5.97. The third kappa shape index (κ3) is 5.02. The Labute approximate surface area is 102 Å². The Morgan fingerprint density at radius 2 is 2.07 bits per heavy atom. The van der Waals surface area contributed by atoms with E-state index in [1.165, 1.54) is 0 Å². The zero-order valence-corrected chi connectivity index (χ0v) is 10.3. The number of ether oxygens (including phenoxy) is 1. The summed E-state index contributed by atoms with van der Waals surface area (Å²) in [6.07, 6.45) is 0. The molecule has 0 aliphatic carbocycles. The highest BCUT2D eigenvalue weighted by Gasteiger charge is 2.04. The number of methoxy groups -OCH3 is 1. The summed E-state index contributed by atoms with van der Waals surface area (Å²) in [5.74, 6) is 0.781. The monoisotopic (exact) mass is 251 g/mol. The molecular weight excluding hydrogens is 237 g/mol. The van der Waals surface area contributed by atoms with Gasteiger partial charge in [-0.1, -0.05) is 12.1 Å². The van der Waals surface area contributed by atoms with Gasteiger partial charge < -0.3 is 10.1 Å². The Morgan fingerprint density at radius 3 is 2.60 bits per heavy atom. The molecule has 1 aromatic carbocycles. The topological polar surface area (TPSA) is 38.3 Å². The SMILES string of the molecule is CNCC(=O)c1cccc(OC)c1.Cl.Cl. The van der Waals surface area contributed by atoms with Crippen LogP contribution in [0.4, 0.5) is 0 Å². The fourth-order valence-corrected chi connectivity index (χ4v) is 1.06. The molecule has 0 saturated heterocycles. The average molecular weight is 252 g/mol. The van der Waals surface area contributed by atoms with Gasteiger partial charge in [0.2, 0.25) is 0 Å². The van der Waals surface area contributed by atoms with Crippen LogP contribution in [0.3, 0.4) is 0 Å². The molecule has 0 spiro atoms. The van der Waals surface area contributed by atoms with Crippen LogP contribution in [0.15, 0.2) is 24.3 Å². The van der Waals surface area contributed by atoms with Gasteiger partial charge in [-0.05, 0) is 19.2 Å². The standard InChI is InChI=1S/C10H13NO2.2ClH/c1-11-7-10(12)8-4-3-5-9(6-8)13-2;;/h3-6,11H,7H2,1-2H3;2*1H. The van der Waals surface area contributed by atoms with Gasteiger partial charge in [0.25, 0.3) is 0 Å². The highest BCUT2D eigenvalue weighted by atomic mass is 35.5. The van der Waals surface area contributed by atoms with Crippen LogP contribution in [-0.4, -0.2) is 26.5 Å². The van der Waals surface area contributed by atoms with Gasteiger partial charge in [-0.2, -0.15) is 0 Å². The van der Waals surface area contributed by atoms with Crippen LogP contribution in [-0.2, 0) is 0 Å². The zero-order chi connectivity index (χ0) is 9.68. The molecule has 15 heavy (non-hydrogen) atoms.